The molecule has 1 aliphatic heterocycles. The fraction of sp³-hybridized carbons (Fsp3) is 0.300. The van der Waals surface area contributed by atoms with E-state index in [0.717, 1.165) is 49.3 Å². The van der Waals surface area contributed by atoms with Gasteiger partial charge in [0, 0.05) is 43.6 Å². The molecule has 3 heterocycles. The van der Waals surface area contributed by atoms with Gasteiger partial charge in [-0.15, -0.1) is 0 Å². The fourth-order valence-corrected chi connectivity index (χ4v) is 3.58. The third-order valence-electron chi connectivity index (χ3n) is 5.21. The van der Waals surface area contributed by atoms with E-state index in [4.69, 9.17) is 5.73 Å². The summed E-state index contributed by atoms with van der Waals surface area (Å²) in [6.07, 6.45) is 0. The van der Waals surface area contributed by atoms with Gasteiger partial charge in [-0.05, 0) is 36.9 Å². The number of nitrogens with two attached hydrogens (primary N) is 1. The molecule has 0 aliphatic carbocycles. The highest BCUT2D eigenvalue weighted by atomic mass is 16.1. The van der Waals surface area contributed by atoms with Gasteiger partial charge in [0.1, 0.15) is 5.69 Å². The van der Waals surface area contributed by atoms with Crippen LogP contribution in [-0.4, -0.2) is 58.9 Å². The van der Waals surface area contributed by atoms with E-state index in [9.17, 15) is 9.59 Å². The molecule has 1 amide bonds. The van der Waals surface area contributed by atoms with Crippen molar-refractivity contribution in [1.82, 2.24) is 19.8 Å². The summed E-state index contributed by atoms with van der Waals surface area (Å²) in [5, 5.41) is 1.12. The molecule has 1 saturated heterocycles. The van der Waals surface area contributed by atoms with E-state index >= 15 is 0 Å². The van der Waals surface area contributed by atoms with E-state index < -0.39 is 5.91 Å². The van der Waals surface area contributed by atoms with Crippen LogP contribution >= 0.6 is 0 Å². The summed E-state index contributed by atoms with van der Waals surface area (Å²) in [6.45, 7) is 5.15. The van der Waals surface area contributed by atoms with Gasteiger partial charge in [0.2, 0.25) is 0 Å². The number of rotatable bonds is 4. The van der Waals surface area contributed by atoms with Gasteiger partial charge in [-0.25, -0.2) is 0 Å². The van der Waals surface area contributed by atoms with Crippen LogP contribution in [0.15, 0.2) is 41.2 Å². The minimum atomic E-state index is -0.648. The SMILES string of the molecule is CN1CCN(Cc2cccc3[nH]c(-c4ccc(C(N)=O)[nH]c4=O)cc23)CC1. The van der Waals surface area contributed by atoms with Crippen LogP contribution in [0.4, 0.5) is 0 Å². The summed E-state index contributed by atoms with van der Waals surface area (Å²) in [7, 11) is 2.15. The quantitative estimate of drug-likeness (QED) is 0.650. The van der Waals surface area contributed by atoms with Gasteiger partial charge < -0.3 is 20.6 Å². The molecule has 0 bridgehead atoms. The summed E-state index contributed by atoms with van der Waals surface area (Å²) < 4.78 is 0. The van der Waals surface area contributed by atoms with E-state index in [1.165, 1.54) is 11.6 Å². The zero-order valence-electron chi connectivity index (χ0n) is 15.3. The van der Waals surface area contributed by atoms with E-state index in [-0.39, 0.29) is 11.3 Å². The van der Waals surface area contributed by atoms with Crippen LogP contribution in [0.2, 0.25) is 0 Å². The molecule has 0 atom stereocenters. The van der Waals surface area contributed by atoms with E-state index in [1.807, 2.05) is 18.2 Å². The van der Waals surface area contributed by atoms with Gasteiger partial charge in [0.15, 0.2) is 0 Å². The third kappa shape index (κ3) is 3.51. The minimum absolute atomic E-state index is 0.107. The van der Waals surface area contributed by atoms with Crippen LogP contribution in [0, 0.1) is 0 Å². The standard InChI is InChI=1S/C20H23N5O2/c1-24-7-9-25(10-8-24)12-13-3-2-4-16-15(13)11-18(22-16)14-5-6-17(19(21)26)23-20(14)27/h2-6,11,22H,7-10,12H2,1H3,(H2,21,26)(H,23,27). The number of aromatic amines is 2. The molecule has 0 saturated carbocycles. The molecule has 1 aliphatic rings. The number of fused-ring (bicyclic) bond motifs is 1. The maximum atomic E-state index is 12.4. The number of pyridine rings is 1. The molecule has 3 aromatic rings. The first-order chi connectivity index (χ1) is 13.0. The fourth-order valence-electron chi connectivity index (χ4n) is 3.58. The highest BCUT2D eigenvalue weighted by Crippen LogP contribution is 2.26. The molecule has 1 aromatic carbocycles. The van der Waals surface area contributed by atoms with Crippen molar-refractivity contribution in [2.45, 2.75) is 6.54 Å². The normalized spacial score (nSPS) is 16.0. The number of carbonyl (C=O) groups is 1. The zero-order chi connectivity index (χ0) is 19.0. The van der Waals surface area contributed by atoms with E-state index in [0.29, 0.717) is 5.56 Å². The van der Waals surface area contributed by atoms with Gasteiger partial charge in [0.05, 0.1) is 11.3 Å². The molecule has 1 fully saturated rings. The maximum Gasteiger partial charge on any atom is 0.265 e. The van der Waals surface area contributed by atoms with Crippen LogP contribution in [0.5, 0.6) is 0 Å². The Kier molecular flexibility index (Phi) is 4.55. The van der Waals surface area contributed by atoms with Gasteiger partial charge in [-0.1, -0.05) is 12.1 Å². The van der Waals surface area contributed by atoms with Crippen molar-refractivity contribution in [1.29, 1.82) is 0 Å². The maximum absolute atomic E-state index is 12.4. The third-order valence-corrected chi connectivity index (χ3v) is 5.21. The molecule has 27 heavy (non-hydrogen) atoms. The summed E-state index contributed by atoms with van der Waals surface area (Å²) >= 11 is 0. The Morgan fingerprint density at radius 2 is 1.89 bits per heavy atom. The Hall–Kier alpha value is -2.90. The van der Waals surface area contributed by atoms with Crippen molar-refractivity contribution in [2.24, 2.45) is 5.73 Å². The number of primary amides is 1. The second kappa shape index (κ2) is 7.02. The van der Waals surface area contributed by atoms with Gasteiger partial charge >= 0.3 is 0 Å². The van der Waals surface area contributed by atoms with Crippen LogP contribution in [0.3, 0.4) is 0 Å². The summed E-state index contributed by atoms with van der Waals surface area (Å²) in [5.74, 6) is -0.648. The Morgan fingerprint density at radius 1 is 1.11 bits per heavy atom. The molecule has 7 nitrogen and oxygen atoms in total. The minimum Gasteiger partial charge on any atom is -0.364 e. The summed E-state index contributed by atoms with van der Waals surface area (Å²) in [5.41, 5.74) is 8.45. The van der Waals surface area contributed by atoms with Crippen molar-refractivity contribution in [3.05, 3.63) is 58.0 Å². The molecule has 7 heteroatoms. The van der Waals surface area contributed by atoms with Gasteiger partial charge in [-0.2, -0.15) is 0 Å². The number of aromatic nitrogens is 2. The number of hydrogen-bond acceptors (Lipinski definition) is 4. The van der Waals surface area contributed by atoms with Crippen LogP contribution in [0.1, 0.15) is 16.1 Å². The Morgan fingerprint density at radius 3 is 2.59 bits per heavy atom. The number of benzene rings is 1. The Bertz CT molecular complexity index is 1040. The second-order valence-corrected chi connectivity index (χ2v) is 7.12. The average molecular weight is 365 g/mol. The predicted molar refractivity (Wildman–Crippen MR) is 106 cm³/mol. The molecular formula is C20H23N5O2. The number of amides is 1. The van der Waals surface area contributed by atoms with Crippen molar-refractivity contribution < 1.29 is 4.79 Å². The molecule has 4 N–H and O–H groups in total. The summed E-state index contributed by atoms with van der Waals surface area (Å²) in [6, 6.07) is 11.4. The second-order valence-electron chi connectivity index (χ2n) is 7.12. The van der Waals surface area contributed by atoms with Crippen molar-refractivity contribution in [2.75, 3.05) is 33.2 Å². The Labute approximate surface area is 156 Å². The van der Waals surface area contributed by atoms with E-state index in [2.05, 4.69) is 32.9 Å². The largest absolute Gasteiger partial charge is 0.364 e. The number of likely N-dealkylation sites (N-methyl/N-ethyl adjacent to an activating group) is 1. The first-order valence-corrected chi connectivity index (χ1v) is 9.06. The number of nitrogens with zero attached hydrogens (tertiary/aromatic N) is 2. The number of nitrogens with one attached hydrogen (secondary N) is 2. The number of carbonyl (C=O) groups excluding carboxylic acids is 1. The lowest BCUT2D eigenvalue weighted by atomic mass is 10.1. The van der Waals surface area contributed by atoms with E-state index in [1.54, 1.807) is 6.07 Å². The zero-order valence-corrected chi connectivity index (χ0v) is 15.3. The van der Waals surface area contributed by atoms with Crippen molar-refractivity contribution >= 4 is 16.8 Å². The smallest absolute Gasteiger partial charge is 0.265 e. The molecule has 2 aromatic heterocycles. The molecule has 140 valence electrons. The average Bonchev–Trinajstić information content (AvgIpc) is 3.08. The van der Waals surface area contributed by atoms with Crippen molar-refractivity contribution in [3.8, 4) is 11.3 Å². The van der Waals surface area contributed by atoms with Gasteiger partial charge in [-0.3, -0.25) is 14.5 Å². The topological polar surface area (TPSA) is 98.2 Å². The predicted octanol–water partition coefficient (Wildman–Crippen LogP) is 1.37. The first-order valence-electron chi connectivity index (χ1n) is 9.06. The number of hydrogen-bond donors (Lipinski definition) is 3. The molecule has 0 radical (unpaired) electrons. The summed E-state index contributed by atoms with van der Waals surface area (Å²) in [4.78, 5) is 34.2. The van der Waals surface area contributed by atoms with Crippen LogP contribution in [-0.2, 0) is 6.54 Å². The Balaban J connectivity index is 1.67. The van der Waals surface area contributed by atoms with Gasteiger partial charge in [0.25, 0.3) is 11.5 Å². The lowest BCUT2D eigenvalue weighted by Gasteiger charge is -2.32. The molecular weight excluding hydrogens is 342 g/mol. The lowest BCUT2D eigenvalue weighted by molar-refractivity contribution is 0.0995. The molecule has 0 unspecified atom stereocenters. The lowest BCUT2D eigenvalue weighted by Crippen LogP contribution is -2.43. The molecule has 0 spiro atoms. The monoisotopic (exact) mass is 365 g/mol. The first kappa shape index (κ1) is 17.5. The van der Waals surface area contributed by atoms with Crippen LogP contribution in [0.25, 0.3) is 22.2 Å². The van der Waals surface area contributed by atoms with Crippen molar-refractivity contribution in [3.63, 3.8) is 0 Å². The highest BCUT2D eigenvalue weighted by Gasteiger charge is 2.16. The number of H-pyrrole nitrogens is 2. The molecule has 4 rings (SSSR count). The highest BCUT2D eigenvalue weighted by molar-refractivity contribution is 5.92. The number of piperazine rings is 1. The van der Waals surface area contributed by atoms with Crippen LogP contribution < -0.4 is 11.3 Å².